The summed E-state index contributed by atoms with van der Waals surface area (Å²) < 4.78 is 12.0. The minimum absolute atomic E-state index is 0.137. The number of benzene rings is 2. The standard InChI is InChI=1S/C26H28ClNO4S/c1-5-8-20-13-19(15-23-25(29)28(17(4)6-2)26(30)33-23)14-22(31-7-3)24(20)32-16-18-9-11-21(27)12-10-18/h5,9-15,17H,1,6-8,16H2,2-4H3/b23-15+/t17-/m0/s1. The van der Waals surface area contributed by atoms with Gasteiger partial charge in [0, 0.05) is 16.6 Å². The molecule has 1 aliphatic rings. The number of rotatable bonds is 10. The Kier molecular flexibility index (Phi) is 8.64. The minimum Gasteiger partial charge on any atom is -0.490 e. The number of amides is 2. The van der Waals surface area contributed by atoms with Crippen LogP contribution >= 0.6 is 23.4 Å². The van der Waals surface area contributed by atoms with Crippen molar-refractivity contribution in [3.05, 3.63) is 75.7 Å². The van der Waals surface area contributed by atoms with E-state index in [1.807, 2.05) is 57.2 Å². The van der Waals surface area contributed by atoms with Gasteiger partial charge in [-0.15, -0.1) is 6.58 Å². The largest absolute Gasteiger partial charge is 0.490 e. The third-order valence-corrected chi connectivity index (χ3v) is 6.40. The van der Waals surface area contributed by atoms with Gasteiger partial charge in [-0.3, -0.25) is 14.5 Å². The normalized spacial score (nSPS) is 15.8. The van der Waals surface area contributed by atoms with Crippen molar-refractivity contribution >= 4 is 40.6 Å². The molecule has 0 N–H and O–H groups in total. The molecule has 1 aliphatic heterocycles. The van der Waals surface area contributed by atoms with Crippen LogP contribution in [-0.4, -0.2) is 28.7 Å². The number of ether oxygens (including phenoxy) is 2. The molecule has 2 aromatic rings. The molecular formula is C26H28ClNO4S. The molecule has 0 aliphatic carbocycles. The Bertz CT molecular complexity index is 1060. The first-order valence-corrected chi connectivity index (χ1v) is 12.1. The highest BCUT2D eigenvalue weighted by Crippen LogP contribution is 2.38. The fraction of sp³-hybridized carbons (Fsp3) is 0.308. The molecule has 1 heterocycles. The molecule has 0 unspecified atom stereocenters. The van der Waals surface area contributed by atoms with E-state index >= 15 is 0 Å². The van der Waals surface area contributed by atoms with Gasteiger partial charge in [0.2, 0.25) is 0 Å². The van der Waals surface area contributed by atoms with Gasteiger partial charge in [0.1, 0.15) is 6.61 Å². The fourth-order valence-electron chi connectivity index (χ4n) is 3.43. The number of nitrogens with zero attached hydrogens (tertiary/aromatic N) is 1. The number of carbonyl (C=O) groups is 2. The molecule has 3 rings (SSSR count). The van der Waals surface area contributed by atoms with Crippen LogP contribution in [-0.2, 0) is 17.8 Å². The van der Waals surface area contributed by atoms with Crippen LogP contribution in [0.2, 0.25) is 5.02 Å². The highest BCUT2D eigenvalue weighted by molar-refractivity contribution is 8.18. The van der Waals surface area contributed by atoms with Crippen LogP contribution in [0.3, 0.4) is 0 Å². The number of imide groups is 1. The predicted molar refractivity (Wildman–Crippen MR) is 135 cm³/mol. The number of allylic oxidation sites excluding steroid dienone is 1. The Balaban J connectivity index is 1.94. The fourth-order valence-corrected chi connectivity index (χ4v) is 4.49. The van der Waals surface area contributed by atoms with Gasteiger partial charge in [0.25, 0.3) is 11.1 Å². The van der Waals surface area contributed by atoms with E-state index in [4.69, 9.17) is 21.1 Å². The van der Waals surface area contributed by atoms with Gasteiger partial charge in [0.15, 0.2) is 11.5 Å². The summed E-state index contributed by atoms with van der Waals surface area (Å²) in [5.74, 6) is 0.959. The van der Waals surface area contributed by atoms with E-state index in [1.165, 1.54) is 4.90 Å². The van der Waals surface area contributed by atoms with Gasteiger partial charge < -0.3 is 9.47 Å². The van der Waals surface area contributed by atoms with E-state index in [0.29, 0.717) is 47.5 Å². The molecule has 1 atom stereocenters. The van der Waals surface area contributed by atoms with Crippen molar-refractivity contribution in [1.29, 1.82) is 0 Å². The van der Waals surface area contributed by atoms with E-state index in [9.17, 15) is 9.59 Å². The lowest BCUT2D eigenvalue weighted by molar-refractivity contribution is -0.124. The molecule has 0 radical (unpaired) electrons. The zero-order chi connectivity index (χ0) is 24.0. The predicted octanol–water partition coefficient (Wildman–Crippen LogP) is 6.88. The number of hydrogen-bond donors (Lipinski definition) is 0. The lowest BCUT2D eigenvalue weighted by Crippen LogP contribution is -2.36. The Hall–Kier alpha value is -2.70. The maximum atomic E-state index is 12.8. The summed E-state index contributed by atoms with van der Waals surface area (Å²) in [6, 6.07) is 11.1. The Morgan fingerprint density at radius 2 is 1.88 bits per heavy atom. The molecule has 0 aromatic heterocycles. The number of thioether (sulfide) groups is 1. The van der Waals surface area contributed by atoms with Crippen molar-refractivity contribution in [2.45, 2.75) is 46.3 Å². The summed E-state index contributed by atoms with van der Waals surface area (Å²) in [5, 5.41) is 0.433. The van der Waals surface area contributed by atoms with Crippen LogP contribution in [0.5, 0.6) is 11.5 Å². The van der Waals surface area contributed by atoms with Crippen LogP contribution < -0.4 is 9.47 Å². The molecule has 7 heteroatoms. The van der Waals surface area contributed by atoms with Gasteiger partial charge in [-0.2, -0.15) is 0 Å². The second-order valence-electron chi connectivity index (χ2n) is 7.66. The Morgan fingerprint density at radius 3 is 2.52 bits per heavy atom. The molecule has 2 amide bonds. The third-order valence-electron chi connectivity index (χ3n) is 5.27. The zero-order valence-electron chi connectivity index (χ0n) is 19.1. The van der Waals surface area contributed by atoms with Crippen LogP contribution in [0.1, 0.15) is 43.9 Å². The highest BCUT2D eigenvalue weighted by Gasteiger charge is 2.37. The molecule has 174 valence electrons. The van der Waals surface area contributed by atoms with Gasteiger partial charge in [-0.25, -0.2) is 0 Å². The van der Waals surface area contributed by atoms with Crippen molar-refractivity contribution in [3.8, 4) is 11.5 Å². The molecule has 0 bridgehead atoms. The second-order valence-corrected chi connectivity index (χ2v) is 9.09. The monoisotopic (exact) mass is 485 g/mol. The first kappa shape index (κ1) is 24.9. The van der Waals surface area contributed by atoms with Gasteiger partial charge in [-0.05, 0) is 79.9 Å². The second kappa shape index (κ2) is 11.4. The van der Waals surface area contributed by atoms with E-state index < -0.39 is 0 Å². The van der Waals surface area contributed by atoms with Crippen molar-refractivity contribution < 1.29 is 19.1 Å². The van der Waals surface area contributed by atoms with Crippen LogP contribution in [0.25, 0.3) is 6.08 Å². The van der Waals surface area contributed by atoms with E-state index in [2.05, 4.69) is 6.58 Å². The van der Waals surface area contributed by atoms with Crippen LogP contribution in [0.15, 0.2) is 54.0 Å². The molecular weight excluding hydrogens is 458 g/mol. The molecule has 2 aromatic carbocycles. The summed E-state index contributed by atoms with van der Waals surface area (Å²) in [6.45, 7) is 10.4. The molecule has 33 heavy (non-hydrogen) atoms. The average Bonchev–Trinajstić information content (AvgIpc) is 3.07. The third kappa shape index (κ3) is 6.01. The zero-order valence-corrected chi connectivity index (χ0v) is 20.7. The number of carbonyl (C=O) groups excluding carboxylic acids is 2. The quantitative estimate of drug-likeness (QED) is 0.271. The van der Waals surface area contributed by atoms with Crippen molar-refractivity contribution in [2.24, 2.45) is 0 Å². The van der Waals surface area contributed by atoms with Gasteiger partial charge >= 0.3 is 0 Å². The summed E-state index contributed by atoms with van der Waals surface area (Å²) in [6.07, 6.45) is 4.81. The molecule has 1 fully saturated rings. The number of halogens is 1. The Morgan fingerprint density at radius 1 is 1.15 bits per heavy atom. The maximum Gasteiger partial charge on any atom is 0.293 e. The van der Waals surface area contributed by atoms with Gasteiger partial charge in [0.05, 0.1) is 11.5 Å². The number of hydrogen-bond acceptors (Lipinski definition) is 5. The smallest absolute Gasteiger partial charge is 0.293 e. The van der Waals surface area contributed by atoms with E-state index in [0.717, 1.165) is 28.5 Å². The summed E-state index contributed by atoms with van der Waals surface area (Å²) >= 11 is 6.94. The summed E-state index contributed by atoms with van der Waals surface area (Å²) in [7, 11) is 0. The Labute approximate surface area is 204 Å². The van der Waals surface area contributed by atoms with E-state index in [1.54, 1.807) is 12.2 Å². The first-order valence-electron chi connectivity index (χ1n) is 10.9. The SMILES string of the molecule is C=CCc1cc(/C=C2/SC(=O)N([C@@H](C)CC)C2=O)cc(OCC)c1OCc1ccc(Cl)cc1. The molecule has 1 saturated heterocycles. The van der Waals surface area contributed by atoms with Crippen LogP contribution in [0.4, 0.5) is 4.79 Å². The molecule has 0 saturated carbocycles. The van der Waals surface area contributed by atoms with Crippen molar-refractivity contribution in [1.82, 2.24) is 4.90 Å². The average molecular weight is 486 g/mol. The summed E-state index contributed by atoms with van der Waals surface area (Å²) in [4.78, 5) is 26.9. The van der Waals surface area contributed by atoms with Crippen molar-refractivity contribution in [2.75, 3.05) is 6.61 Å². The highest BCUT2D eigenvalue weighted by atomic mass is 35.5. The van der Waals surface area contributed by atoms with Crippen molar-refractivity contribution in [3.63, 3.8) is 0 Å². The summed E-state index contributed by atoms with van der Waals surface area (Å²) in [5.41, 5.74) is 2.63. The molecule has 5 nitrogen and oxygen atoms in total. The topological polar surface area (TPSA) is 55.8 Å². The minimum atomic E-state index is -0.259. The molecule has 0 spiro atoms. The lowest BCUT2D eigenvalue weighted by Gasteiger charge is -2.19. The van der Waals surface area contributed by atoms with Gasteiger partial charge in [-0.1, -0.05) is 36.7 Å². The lowest BCUT2D eigenvalue weighted by atomic mass is 10.0. The van der Waals surface area contributed by atoms with E-state index in [-0.39, 0.29) is 17.2 Å². The first-order chi connectivity index (χ1) is 15.9. The van der Waals surface area contributed by atoms with Crippen LogP contribution in [0, 0.1) is 0 Å². The maximum absolute atomic E-state index is 12.8.